The van der Waals surface area contributed by atoms with Gasteiger partial charge in [0.2, 0.25) is 10.0 Å². The number of thiazole rings is 1. The van der Waals surface area contributed by atoms with E-state index >= 15 is 0 Å². The highest BCUT2D eigenvalue weighted by Gasteiger charge is 2.26. The molecule has 1 aliphatic rings. The molecule has 1 aliphatic carbocycles. The first-order valence-corrected chi connectivity index (χ1v) is 14.9. The van der Waals surface area contributed by atoms with Gasteiger partial charge >= 0.3 is 0 Å². The van der Waals surface area contributed by atoms with E-state index in [1.807, 2.05) is 30.5 Å². The molecule has 0 unspecified atom stereocenters. The number of amides is 1. The number of nitrogens with one attached hydrogen (secondary N) is 1. The Balaban J connectivity index is 1.24. The largest absolute Gasteiger partial charge is 0.345 e. The van der Waals surface area contributed by atoms with Crippen LogP contribution < -0.4 is 5.32 Å². The summed E-state index contributed by atoms with van der Waals surface area (Å²) in [6.45, 7) is 1.65. The smallest absolute Gasteiger partial charge is 0.253 e. The average Bonchev–Trinajstić information content (AvgIpc) is 3.52. The lowest BCUT2D eigenvalue weighted by molar-refractivity contribution is -0.117. The average molecular weight is 551 g/mol. The molecule has 1 N–H and O–H groups in total. The molecule has 196 valence electrons. The summed E-state index contributed by atoms with van der Waals surface area (Å²) in [6.07, 6.45) is 7.27. The zero-order chi connectivity index (χ0) is 26.9. The highest BCUT2D eigenvalue weighted by atomic mass is 32.2. The predicted molar refractivity (Wildman–Crippen MR) is 143 cm³/mol. The number of ketones is 1. The molecule has 12 heteroatoms. The van der Waals surface area contributed by atoms with Crippen LogP contribution in [0.3, 0.4) is 0 Å². The quantitative estimate of drug-likeness (QED) is 0.354. The molecule has 0 bridgehead atoms. The van der Waals surface area contributed by atoms with Crippen LogP contribution in [-0.4, -0.2) is 56.8 Å². The highest BCUT2D eigenvalue weighted by molar-refractivity contribution is 7.89. The van der Waals surface area contributed by atoms with Gasteiger partial charge in [0.15, 0.2) is 5.78 Å². The van der Waals surface area contributed by atoms with Crippen LogP contribution >= 0.6 is 11.3 Å². The Morgan fingerprint density at radius 2 is 1.76 bits per heavy atom. The molecule has 5 rings (SSSR count). The lowest BCUT2D eigenvalue weighted by Gasteiger charge is -2.15. The number of pyridine rings is 1. The molecular formula is C26H26N6O4S2. The maximum absolute atomic E-state index is 12.9. The molecule has 10 nitrogen and oxygen atoms in total. The van der Waals surface area contributed by atoms with E-state index in [9.17, 15) is 18.0 Å². The third-order valence-electron chi connectivity index (χ3n) is 6.27. The second kappa shape index (κ2) is 10.5. The SMILES string of the molecule is Cc1nccc(-c2cccc(-c3csc(CC(=O)CNC(=O)c4cn(S(C)(=O)=O)c5c4CCCC5)n3)n2)n1. The molecule has 0 fully saturated rings. The van der Waals surface area contributed by atoms with Crippen molar-refractivity contribution in [1.82, 2.24) is 29.2 Å². The first kappa shape index (κ1) is 25.9. The Bertz CT molecular complexity index is 1640. The zero-order valence-corrected chi connectivity index (χ0v) is 22.6. The van der Waals surface area contributed by atoms with Crippen LogP contribution in [0.5, 0.6) is 0 Å². The van der Waals surface area contributed by atoms with Crippen LogP contribution in [0, 0.1) is 6.92 Å². The summed E-state index contributed by atoms with van der Waals surface area (Å²) in [7, 11) is -3.52. The van der Waals surface area contributed by atoms with E-state index in [1.54, 1.807) is 12.3 Å². The molecule has 0 spiro atoms. The summed E-state index contributed by atoms with van der Waals surface area (Å²) >= 11 is 1.35. The Hall–Kier alpha value is -3.77. The third kappa shape index (κ3) is 5.55. The zero-order valence-electron chi connectivity index (χ0n) is 21.0. The van der Waals surface area contributed by atoms with Gasteiger partial charge in [0.1, 0.15) is 10.8 Å². The van der Waals surface area contributed by atoms with Crippen molar-refractivity contribution in [2.45, 2.75) is 39.0 Å². The fourth-order valence-electron chi connectivity index (χ4n) is 4.52. The second-order valence-corrected chi connectivity index (χ2v) is 12.0. The molecule has 38 heavy (non-hydrogen) atoms. The number of fused-ring (bicyclic) bond motifs is 1. The fraction of sp³-hybridized carbons (Fsp3) is 0.308. The third-order valence-corrected chi connectivity index (χ3v) is 8.16. The lowest BCUT2D eigenvalue weighted by atomic mass is 9.95. The molecule has 0 atom stereocenters. The number of nitrogens with zero attached hydrogens (tertiary/aromatic N) is 5. The van der Waals surface area contributed by atoms with Crippen molar-refractivity contribution in [3.63, 3.8) is 0 Å². The monoisotopic (exact) mass is 550 g/mol. The van der Waals surface area contributed by atoms with Gasteiger partial charge in [0.25, 0.3) is 5.91 Å². The number of aromatic nitrogens is 5. The van der Waals surface area contributed by atoms with E-state index in [-0.39, 0.29) is 18.7 Å². The minimum absolute atomic E-state index is 0.0677. The summed E-state index contributed by atoms with van der Waals surface area (Å²) in [4.78, 5) is 43.3. The summed E-state index contributed by atoms with van der Waals surface area (Å²) in [5, 5.41) is 5.12. The van der Waals surface area contributed by atoms with E-state index in [1.165, 1.54) is 21.5 Å². The van der Waals surface area contributed by atoms with Crippen LogP contribution in [0.2, 0.25) is 0 Å². The highest BCUT2D eigenvalue weighted by Crippen LogP contribution is 2.28. The summed E-state index contributed by atoms with van der Waals surface area (Å²) < 4.78 is 25.6. The number of hydrogen-bond acceptors (Lipinski definition) is 9. The topological polar surface area (TPSA) is 137 Å². The van der Waals surface area contributed by atoms with Crippen LogP contribution in [-0.2, 0) is 34.1 Å². The van der Waals surface area contributed by atoms with Gasteiger partial charge in [0.05, 0.1) is 47.6 Å². The molecule has 0 aromatic carbocycles. The van der Waals surface area contributed by atoms with Crippen LogP contribution in [0.15, 0.2) is 42.0 Å². The molecule has 1 amide bonds. The van der Waals surface area contributed by atoms with Crippen LogP contribution in [0.25, 0.3) is 22.8 Å². The maximum atomic E-state index is 12.9. The normalized spacial score (nSPS) is 13.2. The number of carbonyl (C=O) groups is 2. The van der Waals surface area contributed by atoms with E-state index in [4.69, 9.17) is 0 Å². The van der Waals surface area contributed by atoms with Crippen molar-refractivity contribution < 1.29 is 18.0 Å². The number of carbonyl (C=O) groups excluding carboxylic acids is 2. The van der Waals surface area contributed by atoms with E-state index in [2.05, 4.69) is 25.3 Å². The molecule has 4 aromatic rings. The molecule has 0 radical (unpaired) electrons. The standard InChI is InChI=1S/C26H26N6O4S2/c1-16-27-11-10-22(29-16)20-7-5-8-21(30-20)23-15-37-25(31-23)12-17(33)13-28-26(34)19-14-32(38(2,35)36)24-9-4-3-6-18(19)24/h5,7-8,10-11,14-15H,3-4,6,9,12-13H2,1-2H3,(H,28,34). The molecular weight excluding hydrogens is 524 g/mol. The van der Waals surface area contributed by atoms with Gasteiger partial charge in [-0.2, -0.15) is 0 Å². The number of hydrogen-bond donors (Lipinski definition) is 1. The lowest BCUT2D eigenvalue weighted by Crippen LogP contribution is -2.30. The van der Waals surface area contributed by atoms with E-state index < -0.39 is 15.9 Å². The van der Waals surface area contributed by atoms with Gasteiger partial charge in [-0.05, 0) is 56.4 Å². The minimum atomic E-state index is -3.52. The van der Waals surface area contributed by atoms with Crippen LogP contribution in [0.4, 0.5) is 0 Å². The number of Topliss-reactive ketones (excluding diaryl/α,β-unsaturated/α-hetero) is 1. The fourth-order valence-corrected chi connectivity index (χ4v) is 6.24. The van der Waals surface area contributed by atoms with Crippen molar-refractivity contribution in [2.75, 3.05) is 12.8 Å². The summed E-state index contributed by atoms with van der Waals surface area (Å²) in [5.74, 6) is 0.0117. The Kier molecular flexibility index (Phi) is 7.17. The van der Waals surface area contributed by atoms with Crippen molar-refractivity contribution in [3.05, 3.63) is 69.7 Å². The van der Waals surface area contributed by atoms with E-state index in [0.717, 1.165) is 24.7 Å². The number of aryl methyl sites for hydroxylation is 1. The van der Waals surface area contributed by atoms with Crippen molar-refractivity contribution >= 4 is 33.1 Å². The molecule has 0 aliphatic heterocycles. The van der Waals surface area contributed by atoms with Crippen molar-refractivity contribution in [1.29, 1.82) is 0 Å². The molecule has 4 aromatic heterocycles. The first-order chi connectivity index (χ1) is 18.2. The Morgan fingerprint density at radius 1 is 1.03 bits per heavy atom. The Labute approximate surface area is 224 Å². The summed E-state index contributed by atoms with van der Waals surface area (Å²) in [5.41, 5.74) is 4.48. The second-order valence-electron chi connectivity index (χ2n) is 9.16. The van der Waals surface area contributed by atoms with Crippen molar-refractivity contribution in [3.8, 4) is 22.8 Å². The molecule has 0 saturated heterocycles. The van der Waals surface area contributed by atoms with Gasteiger partial charge in [-0.3, -0.25) is 9.59 Å². The first-order valence-electron chi connectivity index (χ1n) is 12.1. The van der Waals surface area contributed by atoms with Gasteiger partial charge in [-0.1, -0.05) is 6.07 Å². The van der Waals surface area contributed by atoms with Gasteiger partial charge in [-0.25, -0.2) is 32.3 Å². The van der Waals surface area contributed by atoms with Crippen molar-refractivity contribution in [2.24, 2.45) is 0 Å². The Morgan fingerprint density at radius 3 is 2.53 bits per heavy atom. The molecule has 4 heterocycles. The van der Waals surface area contributed by atoms with Crippen LogP contribution in [0.1, 0.15) is 45.3 Å². The minimum Gasteiger partial charge on any atom is -0.345 e. The van der Waals surface area contributed by atoms with Gasteiger partial charge in [-0.15, -0.1) is 11.3 Å². The summed E-state index contributed by atoms with van der Waals surface area (Å²) in [6, 6.07) is 7.39. The number of rotatable bonds is 8. The maximum Gasteiger partial charge on any atom is 0.253 e. The van der Waals surface area contributed by atoms with E-state index in [0.29, 0.717) is 57.7 Å². The van der Waals surface area contributed by atoms with Gasteiger partial charge in [0, 0.05) is 23.5 Å². The predicted octanol–water partition coefficient (Wildman–Crippen LogP) is 3.00. The molecule has 0 saturated carbocycles. The van der Waals surface area contributed by atoms with Gasteiger partial charge < -0.3 is 5.32 Å².